The van der Waals surface area contributed by atoms with Crippen molar-refractivity contribution in [2.75, 3.05) is 39.3 Å². The molecule has 6 nitrogen and oxygen atoms in total. The molecular formula is C26H37IN4O2. The maximum atomic E-state index is 10.7. The van der Waals surface area contributed by atoms with Crippen LogP contribution in [0.4, 0.5) is 0 Å². The molecule has 0 bridgehead atoms. The van der Waals surface area contributed by atoms with Crippen molar-refractivity contribution in [2.24, 2.45) is 4.99 Å². The van der Waals surface area contributed by atoms with E-state index in [1.165, 1.54) is 11.1 Å². The maximum absolute atomic E-state index is 10.7. The van der Waals surface area contributed by atoms with Crippen LogP contribution in [0.3, 0.4) is 0 Å². The lowest BCUT2D eigenvalue weighted by molar-refractivity contribution is 0.110. The fourth-order valence-electron chi connectivity index (χ4n) is 4.56. The largest absolute Gasteiger partial charge is 0.490 e. The Labute approximate surface area is 215 Å². The second kappa shape index (κ2) is 13.2. The third kappa shape index (κ3) is 7.58. The van der Waals surface area contributed by atoms with Gasteiger partial charge in [0.1, 0.15) is 11.9 Å². The Morgan fingerprint density at radius 2 is 1.76 bits per heavy atom. The Morgan fingerprint density at radius 3 is 2.48 bits per heavy atom. The third-order valence-electron chi connectivity index (χ3n) is 6.25. The molecule has 2 heterocycles. The summed E-state index contributed by atoms with van der Waals surface area (Å²) >= 11 is 0. The monoisotopic (exact) mass is 564 g/mol. The molecule has 4 rings (SSSR count). The summed E-state index contributed by atoms with van der Waals surface area (Å²) in [5.41, 5.74) is 2.81. The Bertz CT molecular complexity index is 872. The zero-order valence-electron chi connectivity index (χ0n) is 19.5. The SMILES string of the molecule is CCNC(=NCC(O)CN1CCc2ccccc2C1)N1CCC(Oc2ccccc2)CC1.I. The number of benzene rings is 2. The summed E-state index contributed by atoms with van der Waals surface area (Å²) in [5, 5.41) is 14.1. The van der Waals surface area contributed by atoms with E-state index in [1.54, 1.807) is 0 Å². The van der Waals surface area contributed by atoms with Gasteiger partial charge in [-0.2, -0.15) is 0 Å². The van der Waals surface area contributed by atoms with Crippen molar-refractivity contribution in [3.05, 3.63) is 65.7 Å². The third-order valence-corrected chi connectivity index (χ3v) is 6.25. The number of guanidine groups is 1. The molecule has 0 radical (unpaired) electrons. The molecular weight excluding hydrogens is 527 g/mol. The molecule has 2 N–H and O–H groups in total. The number of fused-ring (bicyclic) bond motifs is 1. The van der Waals surface area contributed by atoms with Gasteiger partial charge in [0.05, 0.1) is 12.6 Å². The van der Waals surface area contributed by atoms with E-state index >= 15 is 0 Å². The van der Waals surface area contributed by atoms with Crippen molar-refractivity contribution < 1.29 is 9.84 Å². The van der Waals surface area contributed by atoms with Gasteiger partial charge in [0.25, 0.3) is 0 Å². The van der Waals surface area contributed by atoms with Crippen LogP contribution in [0, 0.1) is 0 Å². The van der Waals surface area contributed by atoms with E-state index in [0.29, 0.717) is 13.1 Å². The highest BCUT2D eigenvalue weighted by atomic mass is 127. The predicted octanol–water partition coefficient (Wildman–Crippen LogP) is 3.53. The molecule has 0 aliphatic carbocycles. The molecule has 180 valence electrons. The minimum atomic E-state index is -0.465. The van der Waals surface area contributed by atoms with Crippen molar-refractivity contribution in [1.29, 1.82) is 0 Å². The first-order valence-electron chi connectivity index (χ1n) is 11.9. The van der Waals surface area contributed by atoms with Crippen molar-refractivity contribution in [1.82, 2.24) is 15.1 Å². The molecule has 1 unspecified atom stereocenters. The van der Waals surface area contributed by atoms with E-state index in [2.05, 4.69) is 46.3 Å². The number of hydrogen-bond donors (Lipinski definition) is 2. The molecule has 1 saturated heterocycles. The van der Waals surface area contributed by atoms with Crippen LogP contribution < -0.4 is 10.1 Å². The van der Waals surface area contributed by atoms with E-state index in [4.69, 9.17) is 9.73 Å². The number of aliphatic hydroxyl groups is 1. The van der Waals surface area contributed by atoms with Crippen LogP contribution in [0.1, 0.15) is 30.9 Å². The first-order chi connectivity index (χ1) is 15.7. The van der Waals surface area contributed by atoms with Gasteiger partial charge in [-0.25, -0.2) is 0 Å². The van der Waals surface area contributed by atoms with Gasteiger partial charge in [0, 0.05) is 52.1 Å². The molecule has 7 heteroatoms. The van der Waals surface area contributed by atoms with Gasteiger partial charge in [0.2, 0.25) is 0 Å². The number of aliphatic hydroxyl groups excluding tert-OH is 1. The van der Waals surface area contributed by atoms with Gasteiger partial charge in [-0.15, -0.1) is 24.0 Å². The number of halogens is 1. The van der Waals surface area contributed by atoms with Crippen LogP contribution in [0.5, 0.6) is 5.75 Å². The Morgan fingerprint density at radius 1 is 1.06 bits per heavy atom. The summed E-state index contributed by atoms with van der Waals surface area (Å²) in [4.78, 5) is 9.39. The summed E-state index contributed by atoms with van der Waals surface area (Å²) in [6.07, 6.45) is 2.76. The van der Waals surface area contributed by atoms with E-state index in [9.17, 15) is 5.11 Å². The number of para-hydroxylation sites is 1. The zero-order valence-corrected chi connectivity index (χ0v) is 21.9. The number of β-amino-alcohol motifs (C(OH)–C–C–N with tert-alkyl or cyclic N) is 1. The fourth-order valence-corrected chi connectivity index (χ4v) is 4.56. The highest BCUT2D eigenvalue weighted by molar-refractivity contribution is 14.0. The molecule has 2 aliphatic rings. The number of aliphatic imine (C=N–C) groups is 1. The Hall–Kier alpha value is -1.84. The second-order valence-electron chi connectivity index (χ2n) is 8.72. The highest BCUT2D eigenvalue weighted by Gasteiger charge is 2.23. The number of hydrogen-bond acceptors (Lipinski definition) is 4. The quantitative estimate of drug-likeness (QED) is 0.306. The number of nitrogens with one attached hydrogen (secondary N) is 1. The van der Waals surface area contributed by atoms with Gasteiger partial charge in [-0.1, -0.05) is 42.5 Å². The summed E-state index contributed by atoms with van der Waals surface area (Å²) in [6.45, 7) is 7.69. The van der Waals surface area contributed by atoms with Gasteiger partial charge >= 0.3 is 0 Å². The topological polar surface area (TPSA) is 60.3 Å². The van der Waals surface area contributed by atoms with Gasteiger partial charge in [-0.05, 0) is 36.6 Å². The van der Waals surface area contributed by atoms with E-state index < -0.39 is 6.10 Å². The van der Waals surface area contributed by atoms with Crippen molar-refractivity contribution in [3.8, 4) is 5.75 Å². The van der Waals surface area contributed by atoms with Gasteiger partial charge in [-0.3, -0.25) is 9.89 Å². The molecule has 0 aromatic heterocycles. The normalized spacial score (nSPS) is 18.2. The van der Waals surface area contributed by atoms with Gasteiger partial charge < -0.3 is 20.1 Å². The first kappa shape index (κ1) is 25.8. The summed E-state index contributed by atoms with van der Waals surface area (Å²) in [5.74, 6) is 1.84. The first-order valence-corrected chi connectivity index (χ1v) is 11.9. The lowest BCUT2D eigenvalue weighted by Gasteiger charge is -2.34. The Balaban J connectivity index is 0.00000306. The van der Waals surface area contributed by atoms with Crippen LogP contribution in [0.2, 0.25) is 0 Å². The van der Waals surface area contributed by atoms with E-state index in [0.717, 1.165) is 63.7 Å². The van der Waals surface area contributed by atoms with Crippen LogP contribution >= 0.6 is 24.0 Å². The number of ether oxygens (including phenoxy) is 1. The van der Waals surface area contributed by atoms with Crippen LogP contribution in [-0.4, -0.2) is 72.3 Å². The number of nitrogens with zero attached hydrogens (tertiary/aromatic N) is 3. The lowest BCUT2D eigenvalue weighted by Crippen LogP contribution is -2.48. The zero-order chi connectivity index (χ0) is 22.2. The summed E-state index contributed by atoms with van der Waals surface area (Å²) < 4.78 is 6.12. The van der Waals surface area contributed by atoms with Crippen molar-refractivity contribution in [3.63, 3.8) is 0 Å². The average molecular weight is 565 g/mol. The van der Waals surface area contributed by atoms with Crippen LogP contribution in [0.15, 0.2) is 59.6 Å². The molecule has 1 atom stereocenters. The van der Waals surface area contributed by atoms with E-state index in [-0.39, 0.29) is 30.1 Å². The summed E-state index contributed by atoms with van der Waals surface area (Å²) in [7, 11) is 0. The maximum Gasteiger partial charge on any atom is 0.194 e. The van der Waals surface area contributed by atoms with Crippen LogP contribution in [0.25, 0.3) is 0 Å². The highest BCUT2D eigenvalue weighted by Crippen LogP contribution is 2.20. The molecule has 0 spiro atoms. The van der Waals surface area contributed by atoms with E-state index in [1.807, 2.05) is 30.3 Å². The molecule has 0 amide bonds. The smallest absolute Gasteiger partial charge is 0.194 e. The standard InChI is InChI=1S/C26H36N4O2.HI/c1-2-27-26(30-16-13-25(14-17-30)32-24-10-4-3-5-11-24)28-18-23(31)20-29-15-12-21-8-6-7-9-22(21)19-29;/h3-11,23,25,31H,2,12-20H2,1H3,(H,27,28);1H. The minimum absolute atomic E-state index is 0. The molecule has 2 aromatic carbocycles. The molecule has 2 aliphatic heterocycles. The average Bonchev–Trinajstić information content (AvgIpc) is 2.83. The number of piperidine rings is 1. The van der Waals surface area contributed by atoms with Gasteiger partial charge in [0.15, 0.2) is 5.96 Å². The summed E-state index contributed by atoms with van der Waals surface area (Å²) in [6, 6.07) is 18.7. The Kier molecular flexibility index (Phi) is 10.3. The second-order valence-corrected chi connectivity index (χ2v) is 8.72. The van der Waals surface area contributed by atoms with Crippen molar-refractivity contribution in [2.45, 2.75) is 44.9 Å². The van der Waals surface area contributed by atoms with Crippen LogP contribution in [-0.2, 0) is 13.0 Å². The minimum Gasteiger partial charge on any atom is -0.490 e. The predicted molar refractivity (Wildman–Crippen MR) is 144 cm³/mol. The van der Waals surface area contributed by atoms with Crippen molar-refractivity contribution >= 4 is 29.9 Å². The molecule has 2 aromatic rings. The molecule has 33 heavy (non-hydrogen) atoms. The molecule has 1 fully saturated rings. The fraction of sp³-hybridized carbons (Fsp3) is 0.500. The number of likely N-dealkylation sites (tertiary alicyclic amines) is 1. The number of rotatable bonds is 7. The lowest BCUT2D eigenvalue weighted by atomic mass is 10.00. The molecule has 0 saturated carbocycles.